The van der Waals surface area contributed by atoms with Crippen LogP contribution in [0.3, 0.4) is 0 Å². The molecule has 0 spiro atoms. The van der Waals surface area contributed by atoms with E-state index in [1.54, 1.807) is 7.11 Å². The van der Waals surface area contributed by atoms with Crippen LogP contribution in [0.5, 0.6) is 0 Å². The molecule has 1 aliphatic rings. The Morgan fingerprint density at radius 3 is 2.42 bits per heavy atom. The average molecular weight is 284 g/mol. The highest BCUT2D eigenvalue weighted by Gasteiger charge is 2.40. The first kappa shape index (κ1) is 14.8. The van der Waals surface area contributed by atoms with Crippen LogP contribution in [0.1, 0.15) is 37.2 Å². The minimum atomic E-state index is -0.480. The molecule has 19 heavy (non-hydrogen) atoms. The van der Waals surface area contributed by atoms with Crippen LogP contribution in [0.2, 0.25) is 5.02 Å². The van der Waals surface area contributed by atoms with Crippen molar-refractivity contribution in [1.82, 2.24) is 0 Å². The summed E-state index contributed by atoms with van der Waals surface area (Å²) in [5.41, 5.74) is 6.72. The third-order valence-corrected chi connectivity index (χ3v) is 4.55. The molecule has 2 atom stereocenters. The predicted octanol–water partition coefficient (Wildman–Crippen LogP) is 2.70. The molecule has 1 saturated carbocycles. The molecule has 2 unspecified atom stereocenters. The lowest BCUT2D eigenvalue weighted by atomic mass is 9.73. The van der Waals surface area contributed by atoms with Crippen LogP contribution in [0.4, 0.5) is 0 Å². The van der Waals surface area contributed by atoms with Crippen molar-refractivity contribution in [2.45, 2.75) is 43.3 Å². The molecule has 0 amide bonds. The largest absolute Gasteiger partial charge is 0.392 e. The SMILES string of the molecule is COC1(CC(O)C(CN)c2ccc(Cl)cc2)CCC1. The van der Waals surface area contributed by atoms with Crippen molar-refractivity contribution in [3.63, 3.8) is 0 Å². The van der Waals surface area contributed by atoms with E-state index in [0.717, 1.165) is 18.4 Å². The van der Waals surface area contributed by atoms with Gasteiger partial charge in [-0.1, -0.05) is 23.7 Å². The van der Waals surface area contributed by atoms with Crippen LogP contribution < -0.4 is 5.73 Å². The fourth-order valence-electron chi connectivity index (χ4n) is 2.81. The Kier molecular flexibility index (Phi) is 4.85. The highest BCUT2D eigenvalue weighted by Crippen LogP contribution is 2.40. The Hall–Kier alpha value is -0.610. The van der Waals surface area contributed by atoms with Crippen LogP contribution >= 0.6 is 11.6 Å². The smallest absolute Gasteiger partial charge is 0.0703 e. The van der Waals surface area contributed by atoms with E-state index < -0.39 is 6.10 Å². The number of hydrogen-bond acceptors (Lipinski definition) is 3. The van der Waals surface area contributed by atoms with E-state index in [9.17, 15) is 5.11 Å². The van der Waals surface area contributed by atoms with Crippen LogP contribution in [0.15, 0.2) is 24.3 Å². The molecule has 1 aliphatic carbocycles. The number of benzene rings is 1. The van der Waals surface area contributed by atoms with Gasteiger partial charge in [0.15, 0.2) is 0 Å². The number of halogens is 1. The lowest BCUT2D eigenvalue weighted by Crippen LogP contribution is -2.44. The third kappa shape index (κ3) is 3.29. The highest BCUT2D eigenvalue weighted by molar-refractivity contribution is 6.30. The van der Waals surface area contributed by atoms with Crippen LogP contribution in [0, 0.1) is 0 Å². The second-order valence-electron chi connectivity index (χ2n) is 5.41. The molecule has 1 aromatic carbocycles. The fraction of sp³-hybridized carbons (Fsp3) is 0.600. The summed E-state index contributed by atoms with van der Waals surface area (Å²) in [6.45, 7) is 0.419. The molecule has 0 saturated heterocycles. The summed E-state index contributed by atoms with van der Waals surface area (Å²) in [7, 11) is 1.73. The van der Waals surface area contributed by atoms with Gasteiger partial charge in [0, 0.05) is 31.0 Å². The molecule has 0 heterocycles. The molecule has 0 aromatic heterocycles. The summed E-state index contributed by atoms with van der Waals surface area (Å²) in [4.78, 5) is 0. The lowest BCUT2D eigenvalue weighted by Gasteiger charge is -2.43. The van der Waals surface area contributed by atoms with E-state index in [2.05, 4.69) is 0 Å². The van der Waals surface area contributed by atoms with Gasteiger partial charge < -0.3 is 15.6 Å². The van der Waals surface area contributed by atoms with E-state index in [0.29, 0.717) is 18.0 Å². The standard InChI is InChI=1S/C15H22ClNO2/c1-19-15(7-2-8-15)9-14(18)13(10-17)11-3-5-12(16)6-4-11/h3-6,13-14,18H,2,7-10,17H2,1H3. The summed E-state index contributed by atoms with van der Waals surface area (Å²) in [6, 6.07) is 7.54. The Morgan fingerprint density at radius 1 is 1.37 bits per heavy atom. The van der Waals surface area contributed by atoms with Gasteiger partial charge in [0.25, 0.3) is 0 Å². The van der Waals surface area contributed by atoms with E-state index >= 15 is 0 Å². The van der Waals surface area contributed by atoms with Crippen molar-refractivity contribution in [1.29, 1.82) is 0 Å². The second kappa shape index (κ2) is 6.23. The third-order valence-electron chi connectivity index (χ3n) is 4.30. The second-order valence-corrected chi connectivity index (χ2v) is 5.84. The van der Waals surface area contributed by atoms with Crippen molar-refractivity contribution in [3.8, 4) is 0 Å². The van der Waals surface area contributed by atoms with Gasteiger partial charge in [0.05, 0.1) is 11.7 Å². The molecule has 0 bridgehead atoms. The van der Waals surface area contributed by atoms with Gasteiger partial charge in [0.2, 0.25) is 0 Å². The number of rotatable bonds is 6. The first-order valence-corrected chi connectivity index (χ1v) is 7.17. The zero-order chi connectivity index (χ0) is 13.9. The number of aliphatic hydroxyl groups excluding tert-OH is 1. The predicted molar refractivity (Wildman–Crippen MR) is 77.5 cm³/mol. The van der Waals surface area contributed by atoms with E-state index in [1.165, 1.54) is 6.42 Å². The normalized spacial score (nSPS) is 20.6. The first-order chi connectivity index (χ1) is 9.10. The highest BCUT2D eigenvalue weighted by atomic mass is 35.5. The van der Waals surface area contributed by atoms with Gasteiger partial charge in [-0.25, -0.2) is 0 Å². The molecule has 0 aliphatic heterocycles. The van der Waals surface area contributed by atoms with Crippen molar-refractivity contribution < 1.29 is 9.84 Å². The van der Waals surface area contributed by atoms with E-state index in [-0.39, 0.29) is 11.5 Å². The van der Waals surface area contributed by atoms with Crippen LogP contribution in [0.25, 0.3) is 0 Å². The van der Waals surface area contributed by atoms with Crippen molar-refractivity contribution in [2.75, 3.05) is 13.7 Å². The fourth-order valence-corrected chi connectivity index (χ4v) is 2.94. The van der Waals surface area contributed by atoms with Gasteiger partial charge >= 0.3 is 0 Å². The van der Waals surface area contributed by atoms with Gasteiger partial charge in [0.1, 0.15) is 0 Å². The van der Waals surface area contributed by atoms with E-state index in [4.69, 9.17) is 22.1 Å². The maximum Gasteiger partial charge on any atom is 0.0703 e. The monoisotopic (exact) mass is 283 g/mol. The van der Waals surface area contributed by atoms with Crippen molar-refractivity contribution in [3.05, 3.63) is 34.9 Å². The zero-order valence-corrected chi connectivity index (χ0v) is 12.1. The molecule has 4 heteroatoms. The Bertz CT molecular complexity index is 398. The van der Waals surface area contributed by atoms with Crippen molar-refractivity contribution >= 4 is 11.6 Å². The molecular weight excluding hydrogens is 262 g/mol. The minimum Gasteiger partial charge on any atom is -0.392 e. The Balaban J connectivity index is 2.06. The maximum absolute atomic E-state index is 10.5. The van der Waals surface area contributed by atoms with Crippen LogP contribution in [-0.2, 0) is 4.74 Å². The number of nitrogens with two attached hydrogens (primary N) is 1. The topological polar surface area (TPSA) is 55.5 Å². The number of methoxy groups -OCH3 is 1. The number of aliphatic hydroxyl groups is 1. The molecule has 106 valence electrons. The van der Waals surface area contributed by atoms with Gasteiger partial charge in [-0.2, -0.15) is 0 Å². The molecule has 3 N–H and O–H groups in total. The molecule has 3 nitrogen and oxygen atoms in total. The van der Waals surface area contributed by atoms with Gasteiger partial charge in [-0.15, -0.1) is 0 Å². The Morgan fingerprint density at radius 2 is 2.00 bits per heavy atom. The minimum absolute atomic E-state index is 0.0649. The summed E-state index contributed by atoms with van der Waals surface area (Å²) >= 11 is 5.89. The van der Waals surface area contributed by atoms with E-state index in [1.807, 2.05) is 24.3 Å². The molecule has 2 rings (SSSR count). The summed E-state index contributed by atoms with van der Waals surface area (Å²) in [5, 5.41) is 11.2. The van der Waals surface area contributed by atoms with Crippen LogP contribution in [-0.4, -0.2) is 30.5 Å². The molecule has 1 fully saturated rings. The molecule has 1 aromatic rings. The van der Waals surface area contributed by atoms with Crippen molar-refractivity contribution in [2.24, 2.45) is 5.73 Å². The zero-order valence-electron chi connectivity index (χ0n) is 11.3. The van der Waals surface area contributed by atoms with Gasteiger partial charge in [-0.3, -0.25) is 0 Å². The number of hydrogen-bond donors (Lipinski definition) is 2. The van der Waals surface area contributed by atoms with Gasteiger partial charge in [-0.05, 0) is 37.0 Å². The Labute approximate surface area is 119 Å². The quantitative estimate of drug-likeness (QED) is 0.844. The lowest BCUT2D eigenvalue weighted by molar-refractivity contribution is -0.102. The first-order valence-electron chi connectivity index (χ1n) is 6.79. The molecule has 0 radical (unpaired) electrons. The number of ether oxygens (including phenoxy) is 1. The summed E-state index contributed by atoms with van der Waals surface area (Å²) in [5.74, 6) is -0.0649. The summed E-state index contributed by atoms with van der Waals surface area (Å²) in [6.07, 6.45) is 3.39. The average Bonchev–Trinajstić information content (AvgIpc) is 2.37. The summed E-state index contributed by atoms with van der Waals surface area (Å²) < 4.78 is 5.57. The molecular formula is C15H22ClNO2. The maximum atomic E-state index is 10.5.